The molecule has 134 valence electrons. The topological polar surface area (TPSA) is 36.4 Å². The molecule has 0 unspecified atom stereocenters. The van der Waals surface area contributed by atoms with Gasteiger partial charge < -0.3 is 4.90 Å². The van der Waals surface area contributed by atoms with E-state index in [0.29, 0.717) is 0 Å². The van der Waals surface area contributed by atoms with E-state index < -0.39 is 0 Å². The van der Waals surface area contributed by atoms with Gasteiger partial charge in [-0.15, -0.1) is 0 Å². The Balaban J connectivity index is 1.69. The molecule has 1 aromatic heterocycles. The summed E-state index contributed by atoms with van der Waals surface area (Å²) in [5, 5.41) is 1.17. The first-order valence-corrected chi connectivity index (χ1v) is 8.94. The molecule has 0 N–H and O–H groups in total. The largest absolute Gasteiger partial charge is 0.345 e. The van der Waals surface area contributed by atoms with Gasteiger partial charge in [-0.1, -0.05) is 43.3 Å². The number of carbonyl (C=O) groups excluding carboxylic acids is 1. The second-order valence-electron chi connectivity index (χ2n) is 6.70. The van der Waals surface area contributed by atoms with Gasteiger partial charge in [-0.3, -0.25) is 14.7 Å². The van der Waals surface area contributed by atoms with Gasteiger partial charge in [0.1, 0.15) is 0 Å². The minimum absolute atomic E-state index is 0.0317. The third kappa shape index (κ3) is 4.27. The van der Waals surface area contributed by atoms with Gasteiger partial charge in [-0.05, 0) is 36.4 Å². The van der Waals surface area contributed by atoms with Gasteiger partial charge in [0.25, 0.3) is 5.91 Å². The number of nitrogens with zero attached hydrogens (tertiary/aromatic N) is 3. The van der Waals surface area contributed by atoms with Gasteiger partial charge in [0.2, 0.25) is 0 Å². The molecule has 0 spiro atoms. The molecule has 3 rings (SSSR count). The van der Waals surface area contributed by atoms with E-state index >= 15 is 0 Å². The predicted molar refractivity (Wildman–Crippen MR) is 106 cm³/mol. The highest BCUT2D eigenvalue weighted by Gasteiger charge is 2.10. The first-order chi connectivity index (χ1) is 12.6. The lowest BCUT2D eigenvalue weighted by molar-refractivity contribution is 0.0827. The lowest BCUT2D eigenvalue weighted by Crippen LogP contribution is -2.23. The number of pyridine rings is 1. The molecule has 0 bridgehead atoms. The number of hydrogen-bond acceptors (Lipinski definition) is 3. The van der Waals surface area contributed by atoms with Gasteiger partial charge in [0, 0.05) is 38.1 Å². The van der Waals surface area contributed by atoms with Crippen LogP contribution in [-0.2, 0) is 13.1 Å². The maximum atomic E-state index is 12.0. The van der Waals surface area contributed by atoms with Crippen LogP contribution in [0.1, 0.15) is 28.5 Å². The molecule has 0 aliphatic heterocycles. The summed E-state index contributed by atoms with van der Waals surface area (Å²) in [6.45, 7) is 4.74. The lowest BCUT2D eigenvalue weighted by Gasteiger charge is -2.20. The molecular formula is C22H25N3O. The van der Waals surface area contributed by atoms with Crippen molar-refractivity contribution in [2.45, 2.75) is 20.0 Å². The Hall–Kier alpha value is -2.72. The fourth-order valence-electron chi connectivity index (χ4n) is 2.97. The molecule has 0 fully saturated rings. The Kier molecular flexibility index (Phi) is 5.64. The van der Waals surface area contributed by atoms with E-state index in [2.05, 4.69) is 36.1 Å². The Morgan fingerprint density at radius 1 is 0.923 bits per heavy atom. The number of hydrogen-bond donors (Lipinski definition) is 0. The van der Waals surface area contributed by atoms with Crippen molar-refractivity contribution >= 4 is 16.8 Å². The van der Waals surface area contributed by atoms with E-state index in [1.54, 1.807) is 19.0 Å². The molecule has 0 radical (unpaired) electrons. The Morgan fingerprint density at radius 2 is 1.65 bits per heavy atom. The van der Waals surface area contributed by atoms with Crippen LogP contribution in [0.4, 0.5) is 0 Å². The third-order valence-electron chi connectivity index (χ3n) is 4.50. The van der Waals surface area contributed by atoms with E-state index in [1.165, 1.54) is 10.9 Å². The number of amides is 1. The molecule has 0 aliphatic carbocycles. The summed E-state index contributed by atoms with van der Waals surface area (Å²) >= 11 is 0. The Labute approximate surface area is 155 Å². The highest BCUT2D eigenvalue weighted by atomic mass is 16.2. The van der Waals surface area contributed by atoms with Crippen LogP contribution in [0.15, 0.2) is 60.7 Å². The number of fused-ring (bicyclic) bond motifs is 1. The molecule has 4 nitrogen and oxygen atoms in total. The molecule has 0 saturated heterocycles. The third-order valence-corrected chi connectivity index (χ3v) is 4.50. The first-order valence-electron chi connectivity index (χ1n) is 8.94. The normalized spacial score (nSPS) is 11.1. The molecule has 2 aromatic carbocycles. The lowest BCUT2D eigenvalue weighted by atomic mass is 10.1. The van der Waals surface area contributed by atoms with Crippen molar-refractivity contribution in [3.63, 3.8) is 0 Å². The minimum Gasteiger partial charge on any atom is -0.345 e. The van der Waals surface area contributed by atoms with Crippen molar-refractivity contribution in [3.05, 3.63) is 77.5 Å². The number of benzene rings is 2. The van der Waals surface area contributed by atoms with Crippen LogP contribution in [0, 0.1) is 0 Å². The van der Waals surface area contributed by atoms with Crippen LogP contribution in [-0.4, -0.2) is 41.3 Å². The van der Waals surface area contributed by atoms with E-state index in [0.717, 1.165) is 36.4 Å². The molecule has 0 atom stereocenters. The molecular weight excluding hydrogens is 322 g/mol. The van der Waals surface area contributed by atoms with Gasteiger partial charge in [0.15, 0.2) is 0 Å². The maximum absolute atomic E-state index is 12.0. The fraction of sp³-hybridized carbons (Fsp3) is 0.273. The number of carbonyl (C=O) groups is 1. The summed E-state index contributed by atoms with van der Waals surface area (Å²) in [6, 6.07) is 20.3. The summed E-state index contributed by atoms with van der Waals surface area (Å²) in [4.78, 5) is 20.7. The zero-order valence-electron chi connectivity index (χ0n) is 15.6. The van der Waals surface area contributed by atoms with Crippen molar-refractivity contribution < 1.29 is 4.79 Å². The van der Waals surface area contributed by atoms with Crippen LogP contribution in [0.2, 0.25) is 0 Å². The maximum Gasteiger partial charge on any atom is 0.253 e. The smallest absolute Gasteiger partial charge is 0.253 e. The summed E-state index contributed by atoms with van der Waals surface area (Å²) in [5.74, 6) is 0.0317. The molecule has 26 heavy (non-hydrogen) atoms. The zero-order chi connectivity index (χ0) is 18.5. The number of para-hydroxylation sites is 1. The highest BCUT2D eigenvalue weighted by Crippen LogP contribution is 2.15. The predicted octanol–water partition coefficient (Wildman–Crippen LogP) is 3.96. The minimum atomic E-state index is 0.0317. The highest BCUT2D eigenvalue weighted by molar-refractivity contribution is 5.93. The quantitative estimate of drug-likeness (QED) is 0.677. The second kappa shape index (κ2) is 8.11. The van der Waals surface area contributed by atoms with Crippen molar-refractivity contribution in [1.29, 1.82) is 0 Å². The molecule has 0 saturated carbocycles. The standard InChI is InChI=1S/C22H25N3O/c1-4-25(15-17-9-11-19(12-10-17)22(26)24(2)3)16-20-14-13-18-7-5-6-8-21(18)23-20/h5-14H,4,15-16H2,1-3H3. The van der Waals surface area contributed by atoms with E-state index in [9.17, 15) is 4.79 Å². The molecule has 1 heterocycles. The van der Waals surface area contributed by atoms with Crippen LogP contribution < -0.4 is 0 Å². The van der Waals surface area contributed by atoms with Crippen molar-refractivity contribution in [3.8, 4) is 0 Å². The SMILES string of the molecule is CCN(Cc1ccc(C(=O)N(C)C)cc1)Cc1ccc2ccccc2n1. The van der Waals surface area contributed by atoms with Crippen LogP contribution >= 0.6 is 0 Å². The van der Waals surface area contributed by atoms with Crippen LogP contribution in [0.3, 0.4) is 0 Å². The van der Waals surface area contributed by atoms with Crippen LogP contribution in [0.25, 0.3) is 10.9 Å². The van der Waals surface area contributed by atoms with Gasteiger partial charge in [-0.25, -0.2) is 0 Å². The van der Waals surface area contributed by atoms with Crippen molar-refractivity contribution in [2.75, 3.05) is 20.6 Å². The van der Waals surface area contributed by atoms with Gasteiger partial charge in [-0.2, -0.15) is 0 Å². The van der Waals surface area contributed by atoms with E-state index in [1.807, 2.05) is 36.4 Å². The second-order valence-corrected chi connectivity index (χ2v) is 6.70. The average molecular weight is 347 g/mol. The molecule has 3 aromatic rings. The average Bonchev–Trinajstić information content (AvgIpc) is 2.67. The summed E-state index contributed by atoms with van der Waals surface area (Å²) < 4.78 is 0. The Morgan fingerprint density at radius 3 is 2.35 bits per heavy atom. The van der Waals surface area contributed by atoms with Crippen molar-refractivity contribution in [1.82, 2.24) is 14.8 Å². The summed E-state index contributed by atoms with van der Waals surface area (Å²) in [7, 11) is 3.54. The molecule has 0 aliphatic rings. The summed E-state index contributed by atoms with van der Waals surface area (Å²) in [5.41, 5.74) is 4.03. The molecule has 1 amide bonds. The van der Waals surface area contributed by atoms with Crippen molar-refractivity contribution in [2.24, 2.45) is 0 Å². The summed E-state index contributed by atoms with van der Waals surface area (Å²) in [6.07, 6.45) is 0. The monoisotopic (exact) mass is 347 g/mol. The van der Waals surface area contributed by atoms with E-state index in [-0.39, 0.29) is 5.91 Å². The Bertz CT molecular complexity index is 887. The fourth-order valence-corrected chi connectivity index (χ4v) is 2.97. The molecule has 4 heteroatoms. The van der Waals surface area contributed by atoms with Gasteiger partial charge >= 0.3 is 0 Å². The van der Waals surface area contributed by atoms with E-state index in [4.69, 9.17) is 4.98 Å². The number of rotatable bonds is 6. The zero-order valence-corrected chi connectivity index (χ0v) is 15.6. The van der Waals surface area contributed by atoms with Crippen LogP contribution in [0.5, 0.6) is 0 Å². The number of aromatic nitrogens is 1. The first kappa shape index (κ1) is 18.1. The van der Waals surface area contributed by atoms with Gasteiger partial charge in [0.05, 0.1) is 11.2 Å².